The number of carboxylic acid groups (broad SMARTS) is 1. The van der Waals surface area contributed by atoms with E-state index in [1.807, 2.05) is 16.9 Å². The number of nitrogens with zero attached hydrogens (tertiary/aromatic N) is 4. The van der Waals surface area contributed by atoms with E-state index in [1.165, 1.54) is 11.8 Å². The lowest BCUT2D eigenvalue weighted by Gasteiger charge is -2.51. The summed E-state index contributed by atoms with van der Waals surface area (Å²) in [5.74, 6) is -3.28. The molecule has 0 radical (unpaired) electrons. The summed E-state index contributed by atoms with van der Waals surface area (Å²) in [6.07, 6.45) is 3.82. The number of halogens is 2. The zero-order valence-corrected chi connectivity index (χ0v) is 20.5. The standard InChI is InChI=1S/C26H32F2N4O4/c1-16-24(18-5-9-26(27,28)10-6-18)32(25(34)35)23-13-19(3-4-22(23)31(16)17(2)33)20-14-29-30(15-20)21-7-11-36-12-8-21/h3-4,13-16,18,21,24H,5-12H2,1-2H3,(H,34,35)/p-1/t16-,24?/m0/s1. The van der Waals surface area contributed by atoms with Gasteiger partial charge in [-0.1, -0.05) is 6.07 Å². The van der Waals surface area contributed by atoms with E-state index in [4.69, 9.17) is 4.74 Å². The van der Waals surface area contributed by atoms with Crippen molar-refractivity contribution < 1.29 is 28.2 Å². The molecule has 36 heavy (non-hydrogen) atoms. The lowest BCUT2D eigenvalue weighted by Crippen LogP contribution is -2.63. The van der Waals surface area contributed by atoms with Crippen molar-refractivity contribution in [2.45, 2.75) is 76.4 Å². The summed E-state index contributed by atoms with van der Waals surface area (Å²) in [5.41, 5.74) is 2.38. The molecule has 0 N–H and O–H groups in total. The Balaban J connectivity index is 1.53. The zero-order valence-electron chi connectivity index (χ0n) is 20.5. The highest BCUT2D eigenvalue weighted by molar-refractivity contribution is 6.03. The average molecular weight is 502 g/mol. The molecule has 3 heterocycles. The highest BCUT2D eigenvalue weighted by Crippen LogP contribution is 2.47. The molecule has 1 aliphatic carbocycles. The van der Waals surface area contributed by atoms with E-state index in [0.29, 0.717) is 24.6 Å². The molecule has 0 bridgehead atoms. The molecule has 1 unspecified atom stereocenters. The number of amides is 2. The van der Waals surface area contributed by atoms with Crippen LogP contribution in [0, 0.1) is 5.92 Å². The van der Waals surface area contributed by atoms with Gasteiger partial charge in [-0.25, -0.2) is 8.78 Å². The van der Waals surface area contributed by atoms with E-state index in [9.17, 15) is 23.5 Å². The summed E-state index contributed by atoms with van der Waals surface area (Å²) < 4.78 is 35.2. The lowest BCUT2D eigenvalue weighted by molar-refractivity contribution is -0.247. The fourth-order valence-electron chi connectivity index (χ4n) is 6.17. The molecular weight excluding hydrogens is 470 g/mol. The predicted octanol–water partition coefficient (Wildman–Crippen LogP) is 4.00. The molecule has 2 aliphatic heterocycles. The van der Waals surface area contributed by atoms with Crippen LogP contribution in [0.2, 0.25) is 0 Å². The number of fused-ring (bicyclic) bond motifs is 1. The molecule has 0 spiro atoms. The van der Waals surface area contributed by atoms with Crippen LogP contribution in [-0.2, 0) is 9.53 Å². The van der Waals surface area contributed by atoms with E-state index in [-0.39, 0.29) is 43.6 Å². The summed E-state index contributed by atoms with van der Waals surface area (Å²) in [6.45, 7) is 4.59. The van der Waals surface area contributed by atoms with Crippen LogP contribution in [-0.4, -0.2) is 53.0 Å². The molecule has 194 valence electrons. The number of anilines is 2. The second kappa shape index (κ2) is 9.46. The molecule has 1 aromatic carbocycles. The normalized spacial score (nSPS) is 25.0. The number of alkyl halides is 2. The molecule has 2 aromatic rings. The third kappa shape index (κ3) is 4.47. The third-order valence-corrected chi connectivity index (χ3v) is 7.97. The van der Waals surface area contributed by atoms with Gasteiger partial charge in [0.25, 0.3) is 0 Å². The number of hydrogen-bond acceptors (Lipinski definition) is 5. The minimum Gasteiger partial charge on any atom is -0.530 e. The number of ether oxygens (including phenoxy) is 1. The van der Waals surface area contributed by atoms with Crippen LogP contribution in [0.15, 0.2) is 30.6 Å². The van der Waals surface area contributed by atoms with Crippen LogP contribution in [0.4, 0.5) is 25.0 Å². The van der Waals surface area contributed by atoms with Crippen molar-refractivity contribution in [3.05, 3.63) is 30.6 Å². The lowest BCUT2D eigenvalue weighted by atomic mass is 9.77. The van der Waals surface area contributed by atoms with E-state index in [1.54, 1.807) is 30.2 Å². The van der Waals surface area contributed by atoms with E-state index < -0.39 is 24.1 Å². The first-order chi connectivity index (χ1) is 17.2. The van der Waals surface area contributed by atoms with Crippen LogP contribution in [0.1, 0.15) is 58.4 Å². The van der Waals surface area contributed by atoms with Crippen molar-refractivity contribution in [3.8, 4) is 11.1 Å². The van der Waals surface area contributed by atoms with Crippen LogP contribution < -0.4 is 14.9 Å². The van der Waals surface area contributed by atoms with Gasteiger partial charge in [-0.3, -0.25) is 9.48 Å². The van der Waals surface area contributed by atoms with Gasteiger partial charge in [-0.2, -0.15) is 5.10 Å². The second-order valence-corrected chi connectivity index (χ2v) is 10.2. The highest BCUT2D eigenvalue weighted by Gasteiger charge is 2.46. The Morgan fingerprint density at radius 1 is 1.06 bits per heavy atom. The summed E-state index contributed by atoms with van der Waals surface area (Å²) in [7, 11) is 0. The molecule has 1 aromatic heterocycles. The second-order valence-electron chi connectivity index (χ2n) is 10.2. The average Bonchev–Trinajstić information content (AvgIpc) is 3.34. The first-order valence-corrected chi connectivity index (χ1v) is 12.6. The maximum atomic E-state index is 13.9. The van der Waals surface area contributed by atoms with Gasteiger partial charge in [-0.05, 0) is 56.2 Å². The fourth-order valence-corrected chi connectivity index (χ4v) is 6.17. The van der Waals surface area contributed by atoms with E-state index in [0.717, 1.165) is 24.0 Å². The van der Waals surface area contributed by atoms with Gasteiger partial charge < -0.3 is 24.4 Å². The van der Waals surface area contributed by atoms with Gasteiger partial charge in [0.05, 0.1) is 35.7 Å². The molecule has 1 saturated heterocycles. The molecule has 10 heteroatoms. The Bertz CT molecular complexity index is 1140. The minimum absolute atomic E-state index is 0.185. The summed E-state index contributed by atoms with van der Waals surface area (Å²) in [5, 5.41) is 17.0. The molecule has 2 atom stereocenters. The van der Waals surface area contributed by atoms with Crippen LogP contribution >= 0.6 is 0 Å². The van der Waals surface area contributed by atoms with E-state index >= 15 is 0 Å². The SMILES string of the molecule is CC(=O)N1c2ccc(-c3cnn(C4CCOCC4)c3)cc2N(C(=O)[O-])C(C2CCC(F)(F)CC2)[C@@H]1C. The molecule has 8 nitrogen and oxygen atoms in total. The van der Waals surface area contributed by atoms with E-state index in [2.05, 4.69) is 5.10 Å². The molecule has 1 saturated carbocycles. The predicted molar refractivity (Wildman–Crippen MR) is 128 cm³/mol. The van der Waals surface area contributed by atoms with Crippen LogP contribution in [0.25, 0.3) is 11.1 Å². The van der Waals surface area contributed by atoms with Gasteiger partial charge in [0, 0.05) is 44.7 Å². The Kier molecular flexibility index (Phi) is 6.48. The summed E-state index contributed by atoms with van der Waals surface area (Å²) >= 11 is 0. The Morgan fingerprint density at radius 2 is 1.75 bits per heavy atom. The van der Waals surface area contributed by atoms with Crippen molar-refractivity contribution in [2.75, 3.05) is 23.0 Å². The minimum atomic E-state index is -2.74. The van der Waals surface area contributed by atoms with Gasteiger partial charge in [-0.15, -0.1) is 0 Å². The van der Waals surface area contributed by atoms with Gasteiger partial charge in [0.1, 0.15) is 6.09 Å². The highest BCUT2D eigenvalue weighted by atomic mass is 19.3. The van der Waals surface area contributed by atoms with Crippen molar-refractivity contribution in [1.82, 2.24) is 9.78 Å². The number of rotatable bonds is 3. The maximum absolute atomic E-state index is 13.9. The smallest absolute Gasteiger partial charge is 0.248 e. The van der Waals surface area contributed by atoms with Crippen LogP contribution in [0.3, 0.4) is 0 Å². The number of carbonyl (C=O) groups excluding carboxylic acids is 2. The van der Waals surface area contributed by atoms with Gasteiger partial charge in [0.15, 0.2) is 0 Å². The molecule has 2 fully saturated rings. The van der Waals surface area contributed by atoms with Crippen molar-refractivity contribution in [1.29, 1.82) is 0 Å². The third-order valence-electron chi connectivity index (χ3n) is 7.97. The number of aromatic nitrogens is 2. The molecule has 2 amide bonds. The molecule has 5 rings (SSSR count). The number of benzene rings is 1. The fraction of sp³-hybridized carbons (Fsp3) is 0.577. The first kappa shape index (κ1) is 24.7. The zero-order chi connectivity index (χ0) is 25.6. The van der Waals surface area contributed by atoms with Gasteiger partial charge >= 0.3 is 0 Å². The molecular formula is C26H31F2N4O4-. The Labute approximate surface area is 208 Å². The first-order valence-electron chi connectivity index (χ1n) is 12.6. The number of carbonyl (C=O) groups is 2. The molecule has 3 aliphatic rings. The Hall–Kier alpha value is -3.01. The maximum Gasteiger partial charge on any atom is 0.248 e. The van der Waals surface area contributed by atoms with Crippen LogP contribution in [0.5, 0.6) is 0 Å². The van der Waals surface area contributed by atoms with Gasteiger partial charge in [0.2, 0.25) is 11.8 Å². The largest absolute Gasteiger partial charge is 0.530 e. The van der Waals surface area contributed by atoms with Crippen molar-refractivity contribution >= 4 is 23.4 Å². The Morgan fingerprint density at radius 3 is 2.39 bits per heavy atom. The summed E-state index contributed by atoms with van der Waals surface area (Å²) in [6, 6.07) is 4.38. The topological polar surface area (TPSA) is 90.7 Å². The number of hydrogen-bond donors (Lipinski definition) is 0. The summed E-state index contributed by atoms with van der Waals surface area (Å²) in [4.78, 5) is 28.0. The van der Waals surface area contributed by atoms with Crippen molar-refractivity contribution in [3.63, 3.8) is 0 Å². The van der Waals surface area contributed by atoms with Crippen molar-refractivity contribution in [2.24, 2.45) is 5.92 Å². The monoisotopic (exact) mass is 501 g/mol. The quantitative estimate of drug-likeness (QED) is 0.634.